The Morgan fingerprint density at radius 1 is 1.21 bits per heavy atom. The zero-order chi connectivity index (χ0) is 19.8. The number of piperidine rings is 1. The van der Waals surface area contributed by atoms with Gasteiger partial charge in [-0.2, -0.15) is 5.26 Å². The summed E-state index contributed by atoms with van der Waals surface area (Å²) in [5.74, 6) is 0.403. The lowest BCUT2D eigenvalue weighted by molar-refractivity contribution is 0.119. The van der Waals surface area contributed by atoms with Crippen molar-refractivity contribution in [2.45, 2.75) is 70.5 Å². The monoisotopic (exact) mass is 513 g/mol. The van der Waals surface area contributed by atoms with Crippen molar-refractivity contribution in [1.29, 1.82) is 5.26 Å². The van der Waals surface area contributed by atoms with E-state index >= 15 is 0 Å². The average Bonchev–Trinajstić information content (AvgIpc) is 2.74. The predicted molar refractivity (Wildman–Crippen MR) is 126 cm³/mol. The molecule has 1 heterocycles. The Morgan fingerprint density at radius 3 is 2.59 bits per heavy atom. The number of hydrogen-bond acceptors (Lipinski definition) is 3. The Morgan fingerprint density at radius 2 is 1.93 bits per heavy atom. The highest BCUT2D eigenvalue weighted by Gasteiger charge is 2.26. The topological polar surface area (TPSA) is 63.5 Å². The zero-order valence-corrected chi connectivity index (χ0v) is 19.6. The number of guanidine groups is 1. The van der Waals surface area contributed by atoms with Crippen LogP contribution < -0.4 is 10.6 Å². The van der Waals surface area contributed by atoms with Crippen molar-refractivity contribution in [1.82, 2.24) is 15.5 Å². The van der Waals surface area contributed by atoms with Gasteiger partial charge in [0.25, 0.3) is 0 Å². The van der Waals surface area contributed by atoms with Crippen molar-refractivity contribution >= 4 is 29.9 Å². The molecule has 0 radical (unpaired) electrons. The number of aliphatic imine (C=N–C) groups is 1. The minimum absolute atomic E-state index is 0. The molecule has 0 atom stereocenters. The van der Waals surface area contributed by atoms with Gasteiger partial charge in [0, 0.05) is 37.3 Å². The minimum Gasteiger partial charge on any atom is -0.357 e. The van der Waals surface area contributed by atoms with E-state index in [0.29, 0.717) is 17.2 Å². The SMILES string of the molecule is CCNC(=NCc1cc(C#N)ccc1F)NC1CCN(C2CCCCC2)CC1.I. The summed E-state index contributed by atoms with van der Waals surface area (Å²) >= 11 is 0. The summed E-state index contributed by atoms with van der Waals surface area (Å²) in [5, 5.41) is 15.8. The van der Waals surface area contributed by atoms with E-state index in [4.69, 9.17) is 5.26 Å². The van der Waals surface area contributed by atoms with Gasteiger partial charge in [0.1, 0.15) is 5.82 Å². The van der Waals surface area contributed by atoms with Gasteiger partial charge in [-0.05, 0) is 50.8 Å². The summed E-state index contributed by atoms with van der Waals surface area (Å²) in [7, 11) is 0. The van der Waals surface area contributed by atoms with Crippen molar-refractivity contribution in [2.75, 3.05) is 19.6 Å². The lowest BCUT2D eigenvalue weighted by Gasteiger charge is -2.39. The van der Waals surface area contributed by atoms with E-state index in [1.807, 2.05) is 6.92 Å². The van der Waals surface area contributed by atoms with Crippen LogP contribution in [0.2, 0.25) is 0 Å². The molecular formula is C22H33FIN5. The second-order valence-electron chi connectivity index (χ2n) is 7.86. The number of nitrogens with zero attached hydrogens (tertiary/aromatic N) is 3. The lowest BCUT2D eigenvalue weighted by Crippen LogP contribution is -2.50. The van der Waals surface area contributed by atoms with Gasteiger partial charge in [0.2, 0.25) is 0 Å². The highest BCUT2D eigenvalue weighted by Crippen LogP contribution is 2.25. The molecule has 2 N–H and O–H groups in total. The largest absolute Gasteiger partial charge is 0.357 e. The third-order valence-corrected chi connectivity index (χ3v) is 5.89. The van der Waals surface area contributed by atoms with Gasteiger partial charge in [-0.3, -0.25) is 0 Å². The molecule has 1 aromatic rings. The molecule has 160 valence electrons. The molecule has 1 aliphatic carbocycles. The van der Waals surface area contributed by atoms with E-state index in [1.54, 1.807) is 6.07 Å². The first-order chi connectivity index (χ1) is 13.7. The molecule has 2 fully saturated rings. The number of benzene rings is 1. The Hall–Kier alpha value is -1.40. The normalized spacial score (nSPS) is 19.3. The quantitative estimate of drug-likeness (QED) is 0.353. The molecule has 1 aromatic carbocycles. The van der Waals surface area contributed by atoms with Crippen LogP contribution in [0.15, 0.2) is 23.2 Å². The zero-order valence-electron chi connectivity index (χ0n) is 17.3. The van der Waals surface area contributed by atoms with Crippen LogP contribution in [0.25, 0.3) is 0 Å². The lowest BCUT2D eigenvalue weighted by atomic mass is 9.92. The Labute approximate surface area is 191 Å². The fraction of sp³-hybridized carbons (Fsp3) is 0.636. The number of hydrogen-bond donors (Lipinski definition) is 2. The molecule has 3 rings (SSSR count). The summed E-state index contributed by atoms with van der Waals surface area (Å²) in [4.78, 5) is 7.23. The number of nitrogens with one attached hydrogen (secondary N) is 2. The molecule has 1 saturated carbocycles. The van der Waals surface area contributed by atoms with Crippen LogP contribution in [0.4, 0.5) is 4.39 Å². The third kappa shape index (κ3) is 7.10. The molecule has 1 saturated heterocycles. The average molecular weight is 513 g/mol. The molecule has 7 heteroatoms. The van der Waals surface area contributed by atoms with Crippen LogP contribution in [0.5, 0.6) is 0 Å². The summed E-state index contributed by atoms with van der Waals surface area (Å²) in [6.07, 6.45) is 9.09. The Bertz CT molecular complexity index is 704. The van der Waals surface area contributed by atoms with Crippen molar-refractivity contribution < 1.29 is 4.39 Å². The Kier molecular flexibility index (Phi) is 10.2. The van der Waals surface area contributed by atoms with Crippen LogP contribution >= 0.6 is 24.0 Å². The third-order valence-electron chi connectivity index (χ3n) is 5.89. The van der Waals surface area contributed by atoms with Gasteiger partial charge in [-0.15, -0.1) is 24.0 Å². The van der Waals surface area contributed by atoms with Crippen LogP contribution in [0.1, 0.15) is 63.0 Å². The smallest absolute Gasteiger partial charge is 0.191 e. The second kappa shape index (κ2) is 12.3. The molecule has 0 spiro atoms. The first-order valence-corrected chi connectivity index (χ1v) is 10.7. The maximum absolute atomic E-state index is 14.0. The van der Waals surface area contributed by atoms with Gasteiger partial charge in [0.05, 0.1) is 18.2 Å². The van der Waals surface area contributed by atoms with E-state index in [-0.39, 0.29) is 36.3 Å². The molecule has 5 nitrogen and oxygen atoms in total. The predicted octanol–water partition coefficient (Wildman–Crippen LogP) is 4.17. The first-order valence-electron chi connectivity index (χ1n) is 10.7. The van der Waals surface area contributed by atoms with E-state index in [9.17, 15) is 4.39 Å². The summed E-state index contributed by atoms with van der Waals surface area (Å²) < 4.78 is 14.0. The number of likely N-dealkylation sites (tertiary alicyclic amines) is 1. The standard InChI is InChI=1S/C22H32FN5.HI/c1-2-25-22(26-16-18-14-17(15-24)8-9-21(18)23)27-19-10-12-28(13-11-19)20-6-4-3-5-7-20;/h8-9,14,19-20H,2-7,10-13,16H2,1H3,(H2,25,26,27);1H. The maximum Gasteiger partial charge on any atom is 0.191 e. The summed E-state index contributed by atoms with van der Waals surface area (Å²) in [6, 6.07) is 7.64. The van der Waals surface area contributed by atoms with Gasteiger partial charge in [-0.1, -0.05) is 19.3 Å². The molecule has 2 aliphatic rings. The number of halogens is 2. The van der Waals surface area contributed by atoms with Gasteiger partial charge < -0.3 is 15.5 Å². The molecule has 0 amide bonds. The van der Waals surface area contributed by atoms with Gasteiger partial charge in [-0.25, -0.2) is 9.38 Å². The number of nitriles is 1. The minimum atomic E-state index is -0.320. The molecule has 29 heavy (non-hydrogen) atoms. The molecule has 0 bridgehead atoms. The van der Waals surface area contributed by atoms with Crippen LogP contribution in [-0.4, -0.2) is 42.6 Å². The van der Waals surface area contributed by atoms with Crippen LogP contribution in [0.3, 0.4) is 0 Å². The molecule has 1 aliphatic heterocycles. The van der Waals surface area contributed by atoms with Crippen molar-refractivity contribution in [3.05, 3.63) is 35.1 Å². The fourth-order valence-electron chi connectivity index (χ4n) is 4.30. The first kappa shape index (κ1) is 23.9. The summed E-state index contributed by atoms with van der Waals surface area (Å²) in [5.41, 5.74) is 0.906. The fourth-order valence-corrected chi connectivity index (χ4v) is 4.30. The van der Waals surface area contributed by atoms with E-state index < -0.39 is 0 Å². The Balaban J connectivity index is 0.00000300. The van der Waals surface area contributed by atoms with Crippen LogP contribution in [0, 0.1) is 17.1 Å². The summed E-state index contributed by atoms with van der Waals surface area (Å²) in [6.45, 7) is 5.28. The molecular weight excluding hydrogens is 480 g/mol. The van der Waals surface area contributed by atoms with Gasteiger partial charge >= 0.3 is 0 Å². The van der Waals surface area contributed by atoms with Crippen LogP contribution in [-0.2, 0) is 6.54 Å². The van der Waals surface area contributed by atoms with E-state index in [1.165, 1.54) is 44.2 Å². The van der Waals surface area contributed by atoms with Crippen molar-refractivity contribution in [2.24, 2.45) is 4.99 Å². The van der Waals surface area contributed by atoms with E-state index in [0.717, 1.165) is 44.5 Å². The van der Waals surface area contributed by atoms with Crippen molar-refractivity contribution in [3.8, 4) is 6.07 Å². The highest BCUT2D eigenvalue weighted by atomic mass is 127. The highest BCUT2D eigenvalue weighted by molar-refractivity contribution is 14.0. The molecule has 0 aromatic heterocycles. The van der Waals surface area contributed by atoms with Gasteiger partial charge in [0.15, 0.2) is 5.96 Å². The van der Waals surface area contributed by atoms with E-state index in [2.05, 4.69) is 26.6 Å². The second-order valence-corrected chi connectivity index (χ2v) is 7.86. The maximum atomic E-state index is 14.0. The molecule has 0 unspecified atom stereocenters. The van der Waals surface area contributed by atoms with Crippen molar-refractivity contribution in [3.63, 3.8) is 0 Å². The number of rotatable bonds is 5.